The summed E-state index contributed by atoms with van der Waals surface area (Å²) < 4.78 is 1.44. The largest absolute Gasteiger partial charge is 0.347 e. The Morgan fingerprint density at radius 3 is 2.64 bits per heavy atom. The lowest BCUT2D eigenvalue weighted by molar-refractivity contribution is 0.0952. The summed E-state index contributed by atoms with van der Waals surface area (Å²) in [5.41, 5.74) is 1.14. The fourth-order valence-corrected chi connectivity index (χ4v) is 4.01. The standard InChI is InChI=1S/C22H15N3O2S/c26-21(23-13-16-7-4-10-28-16)17-8-3-9-25-20(17)24-19-12-15-6-2-1-5-14(15)11-18(19)22(25)27/h1-12H,13H2,(H,23,26). The average molecular weight is 385 g/mol. The number of rotatable bonds is 3. The topological polar surface area (TPSA) is 63.5 Å². The Morgan fingerprint density at radius 2 is 1.86 bits per heavy atom. The number of carbonyl (C=O) groups is 1. The molecule has 0 aliphatic heterocycles. The van der Waals surface area contributed by atoms with Crippen molar-refractivity contribution in [2.45, 2.75) is 6.54 Å². The molecule has 0 aliphatic carbocycles. The van der Waals surface area contributed by atoms with Crippen LogP contribution in [0, 0.1) is 0 Å². The Morgan fingerprint density at radius 1 is 1.04 bits per heavy atom. The van der Waals surface area contributed by atoms with Crippen molar-refractivity contribution in [3.05, 3.63) is 93.0 Å². The number of fused-ring (bicyclic) bond motifs is 3. The minimum Gasteiger partial charge on any atom is -0.347 e. The number of carbonyl (C=O) groups excluding carboxylic acids is 1. The molecule has 0 saturated carbocycles. The van der Waals surface area contributed by atoms with Crippen molar-refractivity contribution in [1.82, 2.24) is 14.7 Å². The molecule has 6 heteroatoms. The highest BCUT2D eigenvalue weighted by atomic mass is 32.1. The number of nitrogens with zero attached hydrogens (tertiary/aromatic N) is 2. The van der Waals surface area contributed by atoms with E-state index in [9.17, 15) is 9.59 Å². The van der Waals surface area contributed by atoms with Crippen LogP contribution in [-0.2, 0) is 6.54 Å². The smallest absolute Gasteiger partial charge is 0.265 e. The van der Waals surface area contributed by atoms with Gasteiger partial charge in [0.15, 0.2) is 5.65 Å². The third-order valence-electron chi connectivity index (χ3n) is 4.75. The van der Waals surface area contributed by atoms with E-state index in [1.165, 1.54) is 4.40 Å². The molecule has 3 heterocycles. The summed E-state index contributed by atoms with van der Waals surface area (Å²) in [4.78, 5) is 31.5. The maximum absolute atomic E-state index is 13.0. The Hall–Kier alpha value is -3.51. The lowest BCUT2D eigenvalue weighted by atomic mass is 10.1. The minimum atomic E-state index is -0.251. The first-order valence-electron chi connectivity index (χ1n) is 8.85. The summed E-state index contributed by atoms with van der Waals surface area (Å²) in [6, 6.07) is 18.9. The van der Waals surface area contributed by atoms with Crippen molar-refractivity contribution in [2.24, 2.45) is 0 Å². The average Bonchev–Trinajstić information content (AvgIpc) is 3.24. The van der Waals surface area contributed by atoms with E-state index in [-0.39, 0.29) is 11.5 Å². The van der Waals surface area contributed by atoms with Gasteiger partial charge >= 0.3 is 0 Å². The maximum Gasteiger partial charge on any atom is 0.265 e. The van der Waals surface area contributed by atoms with Gasteiger partial charge in [0.05, 0.1) is 23.0 Å². The monoisotopic (exact) mass is 385 g/mol. The van der Waals surface area contributed by atoms with E-state index < -0.39 is 0 Å². The predicted molar refractivity (Wildman–Crippen MR) is 112 cm³/mol. The number of aromatic nitrogens is 2. The third-order valence-corrected chi connectivity index (χ3v) is 5.63. The summed E-state index contributed by atoms with van der Waals surface area (Å²) in [6.07, 6.45) is 1.65. The van der Waals surface area contributed by atoms with E-state index in [2.05, 4.69) is 10.3 Å². The number of benzene rings is 2. The fraction of sp³-hybridized carbons (Fsp3) is 0.0455. The lowest BCUT2D eigenvalue weighted by Crippen LogP contribution is -2.25. The molecule has 5 rings (SSSR count). The first kappa shape index (κ1) is 16.6. The number of hydrogen-bond donors (Lipinski definition) is 1. The normalized spacial score (nSPS) is 11.3. The molecule has 136 valence electrons. The summed E-state index contributed by atoms with van der Waals surface area (Å²) in [7, 11) is 0. The van der Waals surface area contributed by atoms with Crippen molar-refractivity contribution in [3.8, 4) is 0 Å². The van der Waals surface area contributed by atoms with Gasteiger partial charge in [-0.25, -0.2) is 4.98 Å². The van der Waals surface area contributed by atoms with Crippen LogP contribution in [0.4, 0.5) is 0 Å². The molecule has 0 bridgehead atoms. The molecule has 1 amide bonds. The molecule has 2 aromatic carbocycles. The second-order valence-corrected chi connectivity index (χ2v) is 7.54. The number of nitrogens with one attached hydrogen (secondary N) is 1. The van der Waals surface area contributed by atoms with Gasteiger partial charge in [-0.05, 0) is 46.5 Å². The van der Waals surface area contributed by atoms with Gasteiger partial charge in [0.1, 0.15) is 0 Å². The SMILES string of the molecule is O=C(NCc1cccs1)c1cccn2c(=O)c3cc4ccccc4cc3nc12. The molecular weight excluding hydrogens is 370 g/mol. The van der Waals surface area contributed by atoms with E-state index in [0.29, 0.717) is 28.7 Å². The van der Waals surface area contributed by atoms with Gasteiger partial charge in [-0.3, -0.25) is 14.0 Å². The van der Waals surface area contributed by atoms with Crippen LogP contribution in [0.2, 0.25) is 0 Å². The Labute approximate surface area is 163 Å². The zero-order valence-electron chi connectivity index (χ0n) is 14.8. The van der Waals surface area contributed by atoms with E-state index in [4.69, 9.17) is 0 Å². The molecule has 0 atom stereocenters. The van der Waals surface area contributed by atoms with Crippen LogP contribution in [0.15, 0.2) is 77.0 Å². The zero-order chi connectivity index (χ0) is 19.1. The molecule has 3 aromatic heterocycles. The molecule has 1 N–H and O–H groups in total. The van der Waals surface area contributed by atoms with Gasteiger partial charge in [-0.1, -0.05) is 30.3 Å². The summed E-state index contributed by atoms with van der Waals surface area (Å²) >= 11 is 1.58. The third kappa shape index (κ3) is 2.75. The van der Waals surface area contributed by atoms with E-state index in [1.807, 2.05) is 53.9 Å². The van der Waals surface area contributed by atoms with Crippen molar-refractivity contribution >= 4 is 44.6 Å². The van der Waals surface area contributed by atoms with Gasteiger partial charge < -0.3 is 5.32 Å². The summed E-state index contributed by atoms with van der Waals surface area (Å²) in [5.74, 6) is -0.251. The number of pyridine rings is 1. The lowest BCUT2D eigenvalue weighted by Gasteiger charge is -2.09. The zero-order valence-corrected chi connectivity index (χ0v) is 15.6. The molecule has 0 aliphatic rings. The summed E-state index contributed by atoms with van der Waals surface area (Å²) in [6.45, 7) is 0.444. The van der Waals surface area contributed by atoms with Gasteiger partial charge in [-0.2, -0.15) is 0 Å². The highest BCUT2D eigenvalue weighted by Gasteiger charge is 2.15. The van der Waals surface area contributed by atoms with E-state index >= 15 is 0 Å². The van der Waals surface area contributed by atoms with Gasteiger partial charge in [0.2, 0.25) is 0 Å². The Kier molecular flexibility index (Phi) is 3.91. The quantitative estimate of drug-likeness (QED) is 0.478. The fourth-order valence-electron chi connectivity index (χ4n) is 3.37. The first-order valence-corrected chi connectivity index (χ1v) is 9.73. The van der Waals surface area contributed by atoms with Crippen LogP contribution in [0.25, 0.3) is 27.3 Å². The van der Waals surface area contributed by atoms with Crippen LogP contribution in [0.3, 0.4) is 0 Å². The number of amides is 1. The second kappa shape index (κ2) is 6.58. The molecule has 28 heavy (non-hydrogen) atoms. The molecule has 0 radical (unpaired) electrons. The highest BCUT2D eigenvalue weighted by molar-refractivity contribution is 7.09. The molecule has 0 saturated heterocycles. The molecule has 0 fully saturated rings. The molecule has 0 unspecified atom stereocenters. The Bertz CT molecular complexity index is 1400. The minimum absolute atomic E-state index is 0.182. The van der Waals surface area contributed by atoms with Crippen LogP contribution < -0.4 is 10.9 Å². The predicted octanol–water partition coefficient (Wildman–Crippen LogP) is 3.99. The van der Waals surface area contributed by atoms with E-state index in [0.717, 1.165) is 15.6 Å². The maximum atomic E-state index is 13.0. The Balaban J connectivity index is 1.67. The van der Waals surface area contributed by atoms with Crippen LogP contribution in [-0.4, -0.2) is 15.3 Å². The van der Waals surface area contributed by atoms with Crippen LogP contribution >= 0.6 is 11.3 Å². The molecule has 5 aromatic rings. The van der Waals surface area contributed by atoms with Crippen molar-refractivity contribution in [3.63, 3.8) is 0 Å². The second-order valence-electron chi connectivity index (χ2n) is 6.51. The van der Waals surface area contributed by atoms with Crippen molar-refractivity contribution in [2.75, 3.05) is 0 Å². The van der Waals surface area contributed by atoms with E-state index in [1.54, 1.807) is 29.7 Å². The summed E-state index contributed by atoms with van der Waals surface area (Å²) in [5, 5.41) is 7.40. The van der Waals surface area contributed by atoms with Gasteiger partial charge in [-0.15, -0.1) is 11.3 Å². The highest BCUT2D eigenvalue weighted by Crippen LogP contribution is 2.21. The molecule has 5 nitrogen and oxygen atoms in total. The van der Waals surface area contributed by atoms with Crippen molar-refractivity contribution < 1.29 is 4.79 Å². The van der Waals surface area contributed by atoms with Crippen molar-refractivity contribution in [1.29, 1.82) is 0 Å². The number of hydrogen-bond acceptors (Lipinski definition) is 4. The van der Waals surface area contributed by atoms with Gasteiger partial charge in [0.25, 0.3) is 11.5 Å². The van der Waals surface area contributed by atoms with Crippen LogP contribution in [0.5, 0.6) is 0 Å². The molecular formula is C22H15N3O2S. The van der Waals surface area contributed by atoms with Gasteiger partial charge in [0, 0.05) is 11.1 Å². The van der Waals surface area contributed by atoms with Crippen LogP contribution in [0.1, 0.15) is 15.2 Å². The number of thiophene rings is 1. The molecule has 0 spiro atoms. The first-order chi connectivity index (χ1) is 13.7.